The highest BCUT2D eigenvalue weighted by molar-refractivity contribution is 7.90. The van der Waals surface area contributed by atoms with Gasteiger partial charge in [0.2, 0.25) is 5.91 Å². The van der Waals surface area contributed by atoms with Gasteiger partial charge in [0.25, 0.3) is 0 Å². The van der Waals surface area contributed by atoms with E-state index in [9.17, 15) is 17.6 Å². The van der Waals surface area contributed by atoms with E-state index in [1.807, 2.05) is 0 Å². The molecular weight excluding hydrogens is 381 g/mol. The van der Waals surface area contributed by atoms with Crippen LogP contribution < -0.4 is 5.32 Å². The molecule has 1 aromatic carbocycles. The fourth-order valence-electron chi connectivity index (χ4n) is 3.05. The van der Waals surface area contributed by atoms with Crippen LogP contribution in [-0.4, -0.2) is 30.5 Å². The number of aromatic nitrogens is 2. The van der Waals surface area contributed by atoms with Gasteiger partial charge in [0.15, 0.2) is 14.9 Å². The van der Waals surface area contributed by atoms with Gasteiger partial charge in [0.05, 0.1) is 5.69 Å². The molecule has 1 fully saturated rings. The first kappa shape index (κ1) is 18.5. The van der Waals surface area contributed by atoms with Crippen LogP contribution in [0.15, 0.2) is 41.6 Å². The zero-order chi connectivity index (χ0) is 20.1. The van der Waals surface area contributed by atoms with Crippen molar-refractivity contribution in [2.24, 2.45) is 5.92 Å². The third-order valence-electron chi connectivity index (χ3n) is 4.71. The summed E-state index contributed by atoms with van der Waals surface area (Å²) < 4.78 is 38.5. The van der Waals surface area contributed by atoms with Crippen LogP contribution >= 0.6 is 0 Å². The Balaban J connectivity index is 1.89. The molecule has 4 rings (SSSR count). The van der Waals surface area contributed by atoms with Crippen LogP contribution in [0.5, 0.6) is 0 Å². The second-order valence-corrected chi connectivity index (χ2v) is 9.03. The number of hydrogen-bond acceptors (Lipinski definition) is 5. The van der Waals surface area contributed by atoms with E-state index >= 15 is 0 Å². The van der Waals surface area contributed by atoms with Crippen molar-refractivity contribution in [1.82, 2.24) is 9.97 Å². The molecule has 0 atom stereocenters. The fourth-order valence-corrected chi connectivity index (χ4v) is 3.89. The standard InChI is InChI=1S/C20H18FN3O3S/c1-11-3-6-14(21)8-15(11)17-7-13-10-22-18(24-19(25)12-4-5-12)9-16(13)20(23-17)28(2,26)27/h3,6-10,12H,4-5H2,1-2H3,(H,22,24,25). The van der Waals surface area contributed by atoms with Gasteiger partial charge in [-0.3, -0.25) is 4.79 Å². The largest absolute Gasteiger partial charge is 0.310 e. The smallest absolute Gasteiger partial charge is 0.228 e. The van der Waals surface area contributed by atoms with Gasteiger partial charge in [-0.2, -0.15) is 0 Å². The average Bonchev–Trinajstić information content (AvgIpc) is 3.47. The van der Waals surface area contributed by atoms with E-state index in [-0.39, 0.29) is 22.7 Å². The minimum absolute atomic E-state index is 0.00308. The van der Waals surface area contributed by atoms with Crippen molar-refractivity contribution in [1.29, 1.82) is 0 Å². The van der Waals surface area contributed by atoms with Crippen LogP contribution in [0.4, 0.5) is 10.2 Å². The van der Waals surface area contributed by atoms with E-state index in [4.69, 9.17) is 0 Å². The first-order chi connectivity index (χ1) is 13.2. The number of sulfone groups is 1. The predicted octanol–water partition coefficient (Wildman–Crippen LogP) is 3.50. The number of benzene rings is 1. The summed E-state index contributed by atoms with van der Waals surface area (Å²) in [5.74, 6) is -0.263. The van der Waals surface area contributed by atoms with Gasteiger partial charge in [-0.05, 0) is 49.6 Å². The summed E-state index contributed by atoms with van der Waals surface area (Å²) in [6.45, 7) is 1.80. The number of fused-ring (bicyclic) bond motifs is 1. The van der Waals surface area contributed by atoms with Gasteiger partial charge in [0.1, 0.15) is 11.6 Å². The minimum atomic E-state index is -3.68. The zero-order valence-electron chi connectivity index (χ0n) is 15.4. The summed E-state index contributed by atoms with van der Waals surface area (Å²) in [7, 11) is -3.68. The number of nitrogens with one attached hydrogen (secondary N) is 1. The molecule has 0 unspecified atom stereocenters. The topological polar surface area (TPSA) is 89.0 Å². The minimum Gasteiger partial charge on any atom is -0.310 e. The van der Waals surface area contributed by atoms with E-state index in [0.29, 0.717) is 22.0 Å². The lowest BCUT2D eigenvalue weighted by molar-refractivity contribution is -0.117. The molecule has 1 N–H and O–H groups in total. The van der Waals surface area contributed by atoms with E-state index in [1.165, 1.54) is 24.4 Å². The first-order valence-corrected chi connectivity index (χ1v) is 10.7. The van der Waals surface area contributed by atoms with Crippen LogP contribution in [0, 0.1) is 18.7 Å². The van der Waals surface area contributed by atoms with Crippen molar-refractivity contribution in [3.05, 3.63) is 47.9 Å². The number of nitrogens with zero attached hydrogens (tertiary/aromatic N) is 2. The van der Waals surface area contributed by atoms with Crippen LogP contribution in [-0.2, 0) is 14.6 Å². The summed E-state index contributed by atoms with van der Waals surface area (Å²) in [5.41, 5.74) is 1.63. The van der Waals surface area contributed by atoms with Gasteiger partial charge in [0, 0.05) is 34.7 Å². The third kappa shape index (κ3) is 3.60. The zero-order valence-corrected chi connectivity index (χ0v) is 16.2. The van der Waals surface area contributed by atoms with Crippen LogP contribution in [0.1, 0.15) is 18.4 Å². The summed E-state index contributed by atoms with van der Waals surface area (Å²) >= 11 is 0. The Morgan fingerprint density at radius 1 is 1.21 bits per heavy atom. The maximum absolute atomic E-state index is 13.7. The molecule has 1 aliphatic carbocycles. The Labute approximate surface area is 161 Å². The molecule has 0 spiro atoms. The molecule has 1 saturated carbocycles. The molecule has 6 nitrogen and oxygen atoms in total. The molecule has 2 heterocycles. The molecule has 1 aliphatic rings. The molecule has 28 heavy (non-hydrogen) atoms. The molecule has 3 aromatic rings. The Bertz CT molecular complexity index is 1220. The van der Waals surface area contributed by atoms with Crippen molar-refractivity contribution in [3.8, 4) is 11.3 Å². The summed E-state index contributed by atoms with van der Waals surface area (Å²) in [6.07, 6.45) is 4.27. The summed E-state index contributed by atoms with van der Waals surface area (Å²) in [4.78, 5) is 20.5. The third-order valence-corrected chi connectivity index (χ3v) is 5.72. The maximum Gasteiger partial charge on any atom is 0.228 e. The van der Waals surface area contributed by atoms with Crippen LogP contribution in [0.3, 0.4) is 0 Å². The number of carbonyl (C=O) groups is 1. The SMILES string of the molecule is Cc1ccc(F)cc1-c1cc2cnc(NC(=O)C3CC3)cc2c(S(C)(=O)=O)n1. The Hall–Kier alpha value is -2.87. The monoisotopic (exact) mass is 399 g/mol. The number of anilines is 1. The molecule has 144 valence electrons. The number of halogens is 1. The van der Waals surface area contributed by atoms with E-state index in [2.05, 4.69) is 15.3 Å². The lowest BCUT2D eigenvalue weighted by Gasteiger charge is -2.12. The molecule has 0 saturated heterocycles. The molecule has 8 heteroatoms. The highest BCUT2D eigenvalue weighted by Crippen LogP contribution is 2.32. The highest BCUT2D eigenvalue weighted by atomic mass is 32.2. The van der Waals surface area contributed by atoms with Gasteiger partial charge >= 0.3 is 0 Å². The molecule has 0 radical (unpaired) electrons. The van der Waals surface area contributed by atoms with Crippen molar-refractivity contribution < 1.29 is 17.6 Å². The van der Waals surface area contributed by atoms with E-state index in [1.54, 1.807) is 19.1 Å². The van der Waals surface area contributed by atoms with E-state index < -0.39 is 15.7 Å². The Kier molecular flexibility index (Phi) is 4.38. The quantitative estimate of drug-likeness (QED) is 0.725. The first-order valence-electron chi connectivity index (χ1n) is 8.80. The van der Waals surface area contributed by atoms with Crippen LogP contribution in [0.2, 0.25) is 0 Å². The highest BCUT2D eigenvalue weighted by Gasteiger charge is 2.30. The molecule has 2 aromatic heterocycles. The Morgan fingerprint density at radius 2 is 1.96 bits per heavy atom. The van der Waals surface area contributed by atoms with Crippen LogP contribution in [0.25, 0.3) is 22.0 Å². The van der Waals surface area contributed by atoms with Gasteiger partial charge in [-0.1, -0.05) is 6.07 Å². The molecule has 1 amide bonds. The predicted molar refractivity (Wildman–Crippen MR) is 104 cm³/mol. The van der Waals surface area contributed by atoms with Crippen molar-refractivity contribution in [3.63, 3.8) is 0 Å². The summed E-state index contributed by atoms with van der Waals surface area (Å²) in [5, 5.41) is 3.49. The summed E-state index contributed by atoms with van der Waals surface area (Å²) in [6, 6.07) is 7.47. The molecule has 0 aliphatic heterocycles. The van der Waals surface area contributed by atoms with Gasteiger partial charge in [-0.25, -0.2) is 22.8 Å². The van der Waals surface area contributed by atoms with Crippen molar-refractivity contribution >= 4 is 32.3 Å². The lowest BCUT2D eigenvalue weighted by atomic mass is 10.0. The lowest BCUT2D eigenvalue weighted by Crippen LogP contribution is -2.14. The number of pyridine rings is 2. The second-order valence-electron chi connectivity index (χ2n) is 7.10. The molecular formula is C20H18FN3O3S. The maximum atomic E-state index is 13.7. The molecule has 0 bridgehead atoms. The number of carbonyl (C=O) groups excluding carboxylic acids is 1. The van der Waals surface area contributed by atoms with Gasteiger partial charge < -0.3 is 5.32 Å². The fraction of sp³-hybridized carbons (Fsp3) is 0.250. The second kappa shape index (κ2) is 6.63. The van der Waals surface area contributed by atoms with E-state index in [0.717, 1.165) is 24.7 Å². The van der Waals surface area contributed by atoms with Gasteiger partial charge in [-0.15, -0.1) is 0 Å². The Morgan fingerprint density at radius 3 is 2.64 bits per heavy atom. The number of hydrogen-bond donors (Lipinski definition) is 1. The number of amides is 1. The van der Waals surface area contributed by atoms with Crippen molar-refractivity contribution in [2.75, 3.05) is 11.6 Å². The normalized spacial score (nSPS) is 14.2. The number of rotatable bonds is 4. The average molecular weight is 399 g/mol. The number of aryl methyl sites for hydroxylation is 1. The van der Waals surface area contributed by atoms with Crippen molar-refractivity contribution in [2.45, 2.75) is 24.8 Å².